The summed E-state index contributed by atoms with van der Waals surface area (Å²) >= 11 is 1.53. The van der Waals surface area contributed by atoms with Crippen LogP contribution in [-0.4, -0.2) is 56.7 Å². The maximum atomic E-state index is 12.7. The monoisotopic (exact) mass is 286 g/mol. The highest BCUT2D eigenvalue weighted by Gasteiger charge is 2.42. The molecule has 2 atom stereocenters. The minimum Gasteiger partial charge on any atom is -0.480 e. The Hall–Kier alpha value is -0.910. The molecule has 1 aliphatic carbocycles. The van der Waals surface area contributed by atoms with Crippen LogP contribution in [0.15, 0.2) is 0 Å². The standard InChI is InChI=1S/C13H22N2O3S/c1-8(2)14(6-10-4-5-10)13(18)15-9(3)19-7-11(15)12(16)17/h8-11H,4-7H2,1-3H3,(H,16,17). The van der Waals surface area contributed by atoms with Crippen LogP contribution in [0.5, 0.6) is 0 Å². The first kappa shape index (κ1) is 14.5. The first-order valence-corrected chi connectivity index (χ1v) is 7.90. The fraction of sp³-hybridized carbons (Fsp3) is 0.846. The second-order valence-electron chi connectivity index (χ2n) is 5.67. The highest BCUT2D eigenvalue weighted by molar-refractivity contribution is 8.00. The van der Waals surface area contributed by atoms with Crippen LogP contribution in [0.25, 0.3) is 0 Å². The lowest BCUT2D eigenvalue weighted by Gasteiger charge is -2.34. The van der Waals surface area contributed by atoms with Gasteiger partial charge in [-0.1, -0.05) is 0 Å². The van der Waals surface area contributed by atoms with Gasteiger partial charge in [-0.15, -0.1) is 11.8 Å². The lowest BCUT2D eigenvalue weighted by molar-refractivity contribution is -0.141. The maximum Gasteiger partial charge on any atom is 0.327 e. The number of carbonyl (C=O) groups is 2. The average molecular weight is 286 g/mol. The summed E-state index contributed by atoms with van der Waals surface area (Å²) in [4.78, 5) is 27.3. The topological polar surface area (TPSA) is 60.9 Å². The zero-order chi connectivity index (χ0) is 14.2. The van der Waals surface area contributed by atoms with E-state index in [1.54, 1.807) is 0 Å². The zero-order valence-corrected chi connectivity index (χ0v) is 12.5. The summed E-state index contributed by atoms with van der Waals surface area (Å²) in [7, 11) is 0. The third-order valence-corrected chi connectivity index (χ3v) is 4.97. The van der Waals surface area contributed by atoms with Gasteiger partial charge in [0.05, 0.1) is 5.37 Å². The Morgan fingerprint density at radius 1 is 1.42 bits per heavy atom. The van der Waals surface area contributed by atoms with Crippen molar-refractivity contribution in [3.8, 4) is 0 Å². The number of aliphatic carboxylic acids is 1. The Bertz CT molecular complexity index is 371. The molecule has 1 saturated heterocycles. The fourth-order valence-electron chi connectivity index (χ4n) is 2.36. The first-order chi connectivity index (χ1) is 8.91. The fourth-order valence-corrected chi connectivity index (χ4v) is 3.52. The number of nitrogens with zero attached hydrogens (tertiary/aromatic N) is 2. The molecule has 1 saturated carbocycles. The number of carboxylic acid groups (broad SMARTS) is 1. The smallest absolute Gasteiger partial charge is 0.327 e. The molecule has 2 unspecified atom stereocenters. The van der Waals surface area contributed by atoms with Crippen molar-refractivity contribution in [3.63, 3.8) is 0 Å². The lowest BCUT2D eigenvalue weighted by atomic mass is 10.2. The molecular weight excluding hydrogens is 264 g/mol. The molecule has 0 spiro atoms. The predicted molar refractivity (Wildman–Crippen MR) is 75.1 cm³/mol. The third kappa shape index (κ3) is 3.16. The van der Waals surface area contributed by atoms with E-state index in [1.165, 1.54) is 29.5 Å². The van der Waals surface area contributed by atoms with Gasteiger partial charge >= 0.3 is 12.0 Å². The van der Waals surface area contributed by atoms with Gasteiger partial charge in [-0.05, 0) is 39.5 Å². The molecule has 2 amide bonds. The molecule has 108 valence electrons. The summed E-state index contributed by atoms with van der Waals surface area (Å²) in [6.07, 6.45) is 2.37. The Labute approximate surface area is 118 Å². The van der Waals surface area contributed by atoms with E-state index >= 15 is 0 Å². The van der Waals surface area contributed by atoms with E-state index in [0.717, 1.165) is 6.54 Å². The van der Waals surface area contributed by atoms with E-state index in [-0.39, 0.29) is 17.4 Å². The summed E-state index contributed by atoms with van der Waals surface area (Å²) in [5, 5.41) is 9.18. The van der Waals surface area contributed by atoms with Gasteiger partial charge in [-0.2, -0.15) is 0 Å². The molecule has 19 heavy (non-hydrogen) atoms. The lowest BCUT2D eigenvalue weighted by Crippen LogP contribution is -2.53. The van der Waals surface area contributed by atoms with Crippen LogP contribution in [0.3, 0.4) is 0 Å². The number of rotatable bonds is 4. The summed E-state index contributed by atoms with van der Waals surface area (Å²) in [5.41, 5.74) is 0. The van der Waals surface area contributed by atoms with Gasteiger partial charge in [0.1, 0.15) is 6.04 Å². The van der Waals surface area contributed by atoms with E-state index in [1.807, 2.05) is 25.7 Å². The van der Waals surface area contributed by atoms with Gasteiger partial charge in [-0.25, -0.2) is 9.59 Å². The van der Waals surface area contributed by atoms with Crippen LogP contribution < -0.4 is 0 Å². The normalized spacial score (nSPS) is 26.8. The quantitative estimate of drug-likeness (QED) is 0.859. The molecule has 1 aliphatic heterocycles. The van der Waals surface area contributed by atoms with Crippen LogP contribution in [-0.2, 0) is 4.79 Å². The first-order valence-electron chi connectivity index (χ1n) is 6.85. The molecule has 1 N–H and O–H groups in total. The van der Waals surface area contributed by atoms with Crippen LogP contribution in [0.2, 0.25) is 0 Å². The zero-order valence-electron chi connectivity index (χ0n) is 11.7. The van der Waals surface area contributed by atoms with Crippen molar-refractivity contribution in [3.05, 3.63) is 0 Å². The second-order valence-corrected chi connectivity index (χ2v) is 7.01. The minimum absolute atomic E-state index is 0.0611. The van der Waals surface area contributed by atoms with Crippen molar-refractivity contribution in [2.45, 2.75) is 51.1 Å². The van der Waals surface area contributed by atoms with Crippen LogP contribution in [0, 0.1) is 5.92 Å². The molecule has 0 aromatic rings. The maximum absolute atomic E-state index is 12.7. The van der Waals surface area contributed by atoms with Gasteiger partial charge in [0.2, 0.25) is 0 Å². The van der Waals surface area contributed by atoms with Gasteiger partial charge in [0.25, 0.3) is 0 Å². The van der Waals surface area contributed by atoms with Crippen molar-refractivity contribution < 1.29 is 14.7 Å². The molecule has 2 fully saturated rings. The molecule has 5 nitrogen and oxygen atoms in total. The minimum atomic E-state index is -0.902. The number of carbonyl (C=O) groups excluding carboxylic acids is 1. The predicted octanol–water partition coefficient (Wildman–Crippen LogP) is 2.07. The SMILES string of the molecule is CC(C)N(CC1CC1)C(=O)N1C(C)SCC1C(=O)O. The summed E-state index contributed by atoms with van der Waals surface area (Å²) in [6, 6.07) is -0.694. The van der Waals surface area contributed by atoms with E-state index in [2.05, 4.69) is 0 Å². The molecule has 0 bridgehead atoms. The van der Waals surface area contributed by atoms with Crippen LogP contribution in [0.1, 0.15) is 33.6 Å². The molecule has 0 radical (unpaired) electrons. The molecule has 2 rings (SSSR count). The molecule has 2 aliphatic rings. The molecular formula is C13H22N2O3S. The summed E-state index contributed by atoms with van der Waals surface area (Å²) in [6.45, 7) is 6.64. The highest BCUT2D eigenvalue weighted by atomic mass is 32.2. The van der Waals surface area contributed by atoms with Crippen molar-refractivity contribution in [1.29, 1.82) is 0 Å². The Balaban J connectivity index is 2.11. The summed E-state index contributed by atoms with van der Waals surface area (Å²) < 4.78 is 0. The number of hydrogen-bond acceptors (Lipinski definition) is 3. The number of urea groups is 1. The van der Waals surface area contributed by atoms with E-state index in [9.17, 15) is 14.7 Å². The molecule has 6 heteroatoms. The Morgan fingerprint density at radius 3 is 2.53 bits per heavy atom. The molecule has 1 heterocycles. The van der Waals surface area contributed by atoms with Gasteiger partial charge in [0, 0.05) is 18.3 Å². The van der Waals surface area contributed by atoms with Gasteiger partial charge < -0.3 is 10.0 Å². The van der Waals surface area contributed by atoms with E-state index in [4.69, 9.17) is 0 Å². The second kappa shape index (κ2) is 5.61. The van der Waals surface area contributed by atoms with E-state index in [0.29, 0.717) is 11.7 Å². The Kier molecular flexibility index (Phi) is 4.28. The molecule has 0 aromatic heterocycles. The van der Waals surface area contributed by atoms with E-state index < -0.39 is 12.0 Å². The van der Waals surface area contributed by atoms with Gasteiger partial charge in [0.15, 0.2) is 0 Å². The Morgan fingerprint density at radius 2 is 2.05 bits per heavy atom. The average Bonchev–Trinajstić information content (AvgIpc) is 3.06. The van der Waals surface area contributed by atoms with Crippen molar-refractivity contribution in [2.24, 2.45) is 5.92 Å². The highest BCUT2D eigenvalue weighted by Crippen LogP contribution is 2.33. The number of thioether (sulfide) groups is 1. The molecule has 0 aromatic carbocycles. The van der Waals surface area contributed by atoms with Gasteiger partial charge in [-0.3, -0.25) is 4.90 Å². The van der Waals surface area contributed by atoms with Crippen molar-refractivity contribution in [1.82, 2.24) is 9.80 Å². The third-order valence-electron chi connectivity index (χ3n) is 3.75. The number of carboxylic acids is 1. The number of hydrogen-bond donors (Lipinski definition) is 1. The van der Waals surface area contributed by atoms with Crippen molar-refractivity contribution >= 4 is 23.8 Å². The van der Waals surface area contributed by atoms with Crippen LogP contribution >= 0.6 is 11.8 Å². The number of amides is 2. The van der Waals surface area contributed by atoms with Crippen molar-refractivity contribution in [2.75, 3.05) is 12.3 Å². The van der Waals surface area contributed by atoms with Crippen LogP contribution in [0.4, 0.5) is 4.79 Å². The largest absolute Gasteiger partial charge is 0.480 e. The summed E-state index contributed by atoms with van der Waals surface area (Å²) in [5.74, 6) is 0.193.